The summed E-state index contributed by atoms with van der Waals surface area (Å²) in [6.45, 7) is 0. The predicted octanol–water partition coefficient (Wildman–Crippen LogP) is 3.62. The highest BCUT2D eigenvalue weighted by Gasteiger charge is 2.42. The minimum absolute atomic E-state index is 0.427. The largest absolute Gasteiger partial charge is 0.300 e. The van der Waals surface area contributed by atoms with Crippen molar-refractivity contribution in [1.29, 1.82) is 0 Å². The fraction of sp³-hybridized carbons (Fsp3) is 0.444. The van der Waals surface area contributed by atoms with Crippen molar-refractivity contribution in [2.45, 2.75) is 43.7 Å². The zero-order valence-electron chi connectivity index (χ0n) is 12.7. The summed E-state index contributed by atoms with van der Waals surface area (Å²) >= 11 is 0. The van der Waals surface area contributed by atoms with Crippen LogP contribution >= 0.6 is 0 Å². The van der Waals surface area contributed by atoms with Crippen molar-refractivity contribution in [2.75, 3.05) is 7.05 Å². The number of hydrogen-bond donors (Lipinski definition) is 0. The summed E-state index contributed by atoms with van der Waals surface area (Å²) in [6.07, 6.45) is 10.2. The summed E-state index contributed by atoms with van der Waals surface area (Å²) in [7, 11) is 2.24. The SMILES string of the molecule is CN1C2CCCC1C(c1cncc(-c3cccnc3F)c1)C2. The highest BCUT2D eigenvalue weighted by Crippen LogP contribution is 2.44. The number of hydrogen-bond acceptors (Lipinski definition) is 3. The molecule has 2 aliphatic heterocycles. The van der Waals surface area contributed by atoms with Gasteiger partial charge in [-0.1, -0.05) is 6.42 Å². The molecule has 2 fully saturated rings. The molecule has 0 N–H and O–H groups in total. The van der Waals surface area contributed by atoms with Crippen LogP contribution in [0.4, 0.5) is 4.39 Å². The van der Waals surface area contributed by atoms with Crippen LogP contribution in [0, 0.1) is 5.95 Å². The lowest BCUT2D eigenvalue weighted by Gasteiger charge is -2.32. The Morgan fingerprint density at radius 1 is 1.27 bits per heavy atom. The maximum Gasteiger partial charge on any atom is 0.220 e. The molecule has 4 heterocycles. The van der Waals surface area contributed by atoms with Gasteiger partial charge in [0.05, 0.1) is 0 Å². The third-order valence-corrected chi connectivity index (χ3v) is 5.38. The fourth-order valence-electron chi connectivity index (χ4n) is 4.23. The number of nitrogens with zero attached hydrogens (tertiary/aromatic N) is 3. The number of piperidine rings is 1. The van der Waals surface area contributed by atoms with E-state index in [1.165, 1.54) is 37.4 Å². The van der Waals surface area contributed by atoms with E-state index in [1.54, 1.807) is 18.3 Å². The predicted molar refractivity (Wildman–Crippen MR) is 84.0 cm³/mol. The lowest BCUT2D eigenvalue weighted by Crippen LogP contribution is -2.37. The van der Waals surface area contributed by atoms with E-state index in [4.69, 9.17) is 0 Å². The van der Waals surface area contributed by atoms with Crippen molar-refractivity contribution < 1.29 is 4.39 Å². The molecule has 3 atom stereocenters. The van der Waals surface area contributed by atoms with E-state index in [1.807, 2.05) is 6.20 Å². The Bertz CT molecular complexity index is 688. The van der Waals surface area contributed by atoms with E-state index < -0.39 is 5.95 Å². The van der Waals surface area contributed by atoms with Gasteiger partial charge in [0, 0.05) is 47.7 Å². The van der Waals surface area contributed by atoms with Gasteiger partial charge < -0.3 is 0 Å². The monoisotopic (exact) mass is 297 g/mol. The molecular weight excluding hydrogens is 277 g/mol. The molecule has 0 saturated carbocycles. The van der Waals surface area contributed by atoms with Crippen LogP contribution in [0.2, 0.25) is 0 Å². The molecule has 4 heteroatoms. The molecule has 0 aromatic carbocycles. The van der Waals surface area contributed by atoms with E-state index in [0.29, 0.717) is 23.6 Å². The lowest BCUT2D eigenvalue weighted by molar-refractivity contribution is 0.174. The first kappa shape index (κ1) is 13.8. The Hall–Kier alpha value is -1.81. The fourth-order valence-corrected chi connectivity index (χ4v) is 4.23. The zero-order chi connectivity index (χ0) is 15.1. The van der Waals surface area contributed by atoms with E-state index in [-0.39, 0.29) is 0 Å². The van der Waals surface area contributed by atoms with Crippen LogP contribution in [-0.2, 0) is 0 Å². The summed E-state index contributed by atoms with van der Waals surface area (Å²) in [6, 6.07) is 6.94. The van der Waals surface area contributed by atoms with Gasteiger partial charge >= 0.3 is 0 Å². The van der Waals surface area contributed by atoms with Crippen LogP contribution < -0.4 is 0 Å². The second-order valence-corrected chi connectivity index (χ2v) is 6.51. The lowest BCUT2D eigenvalue weighted by atomic mass is 9.90. The average molecular weight is 297 g/mol. The first-order valence-electron chi connectivity index (χ1n) is 8.02. The van der Waals surface area contributed by atoms with Gasteiger partial charge in [0.1, 0.15) is 0 Å². The van der Waals surface area contributed by atoms with Gasteiger partial charge in [0.25, 0.3) is 0 Å². The molecule has 0 radical (unpaired) electrons. The Kier molecular flexibility index (Phi) is 3.41. The average Bonchev–Trinajstić information content (AvgIpc) is 2.73. The summed E-state index contributed by atoms with van der Waals surface area (Å²) in [4.78, 5) is 10.7. The van der Waals surface area contributed by atoms with Crippen LogP contribution in [0.5, 0.6) is 0 Å². The molecule has 0 aliphatic carbocycles. The van der Waals surface area contributed by atoms with Crippen molar-refractivity contribution in [3.8, 4) is 11.1 Å². The molecule has 3 unspecified atom stereocenters. The van der Waals surface area contributed by atoms with E-state index in [0.717, 1.165) is 5.56 Å². The number of likely N-dealkylation sites (N-methyl/N-ethyl adjacent to an activating group) is 1. The maximum atomic E-state index is 13.9. The maximum absolute atomic E-state index is 13.9. The molecule has 22 heavy (non-hydrogen) atoms. The molecule has 2 saturated heterocycles. The summed E-state index contributed by atoms with van der Waals surface area (Å²) in [5.74, 6) is 0.0911. The van der Waals surface area contributed by atoms with Crippen LogP contribution in [0.3, 0.4) is 0 Å². The van der Waals surface area contributed by atoms with Crippen LogP contribution in [0.1, 0.15) is 37.2 Å². The minimum atomic E-state index is -0.427. The first-order chi connectivity index (χ1) is 10.7. The zero-order valence-corrected chi connectivity index (χ0v) is 12.7. The molecule has 4 rings (SSSR count). The second-order valence-electron chi connectivity index (χ2n) is 6.51. The number of aromatic nitrogens is 2. The van der Waals surface area contributed by atoms with Crippen LogP contribution in [-0.4, -0.2) is 34.0 Å². The normalized spacial score (nSPS) is 28.0. The molecule has 2 aromatic rings. The third-order valence-electron chi connectivity index (χ3n) is 5.38. The number of rotatable bonds is 2. The number of fused-ring (bicyclic) bond motifs is 2. The van der Waals surface area contributed by atoms with Gasteiger partial charge in [0.15, 0.2) is 0 Å². The molecule has 114 valence electrons. The van der Waals surface area contributed by atoms with Gasteiger partial charge in [-0.3, -0.25) is 9.88 Å². The van der Waals surface area contributed by atoms with Gasteiger partial charge in [0.2, 0.25) is 5.95 Å². The molecule has 0 spiro atoms. The van der Waals surface area contributed by atoms with E-state index in [9.17, 15) is 4.39 Å². The van der Waals surface area contributed by atoms with Crippen LogP contribution in [0.15, 0.2) is 36.8 Å². The Morgan fingerprint density at radius 2 is 2.18 bits per heavy atom. The van der Waals surface area contributed by atoms with Crippen molar-refractivity contribution in [2.24, 2.45) is 0 Å². The molecule has 2 aromatic heterocycles. The van der Waals surface area contributed by atoms with E-state index in [2.05, 4.69) is 28.0 Å². The smallest absolute Gasteiger partial charge is 0.220 e. The van der Waals surface area contributed by atoms with Crippen molar-refractivity contribution in [1.82, 2.24) is 14.9 Å². The van der Waals surface area contributed by atoms with Crippen molar-refractivity contribution in [3.05, 3.63) is 48.3 Å². The van der Waals surface area contributed by atoms with Crippen molar-refractivity contribution >= 4 is 0 Å². The van der Waals surface area contributed by atoms with Gasteiger partial charge in [-0.05, 0) is 50.1 Å². The minimum Gasteiger partial charge on any atom is -0.300 e. The second kappa shape index (κ2) is 5.43. The quantitative estimate of drug-likeness (QED) is 0.793. The van der Waals surface area contributed by atoms with Crippen molar-refractivity contribution in [3.63, 3.8) is 0 Å². The molecule has 0 amide bonds. The molecule has 3 nitrogen and oxygen atoms in total. The summed E-state index contributed by atoms with van der Waals surface area (Å²) in [5, 5.41) is 0. The summed E-state index contributed by atoms with van der Waals surface area (Å²) < 4.78 is 13.9. The Labute approximate surface area is 130 Å². The molecule has 2 aliphatic rings. The topological polar surface area (TPSA) is 29.0 Å². The molecule has 2 bridgehead atoms. The van der Waals surface area contributed by atoms with Gasteiger partial charge in [-0.25, -0.2) is 4.98 Å². The first-order valence-corrected chi connectivity index (χ1v) is 8.02. The number of pyridine rings is 2. The summed E-state index contributed by atoms with van der Waals surface area (Å²) in [5.41, 5.74) is 2.60. The highest BCUT2D eigenvalue weighted by atomic mass is 19.1. The van der Waals surface area contributed by atoms with Gasteiger partial charge in [-0.2, -0.15) is 4.39 Å². The third kappa shape index (κ3) is 2.22. The highest BCUT2D eigenvalue weighted by molar-refractivity contribution is 5.62. The van der Waals surface area contributed by atoms with Gasteiger partial charge in [-0.15, -0.1) is 0 Å². The Balaban J connectivity index is 1.70. The standard InChI is InChI=1S/C18H20FN3/c1-22-14-4-2-6-17(22)16(9-14)13-8-12(10-20-11-13)15-5-3-7-21-18(15)19/h3,5,7-8,10-11,14,16-17H,2,4,6,9H2,1H3. The van der Waals surface area contributed by atoms with E-state index >= 15 is 0 Å². The molecular formula is C18H20FN3. The Morgan fingerprint density at radius 3 is 3.00 bits per heavy atom. The van der Waals surface area contributed by atoms with Crippen LogP contribution in [0.25, 0.3) is 11.1 Å². The number of halogens is 1.